The molecular formula is C8H13O2. The van der Waals surface area contributed by atoms with Crippen LogP contribution in [0.25, 0.3) is 0 Å². The number of carbonyl (C=O) groups excluding carboxylic acids is 1. The van der Waals surface area contributed by atoms with E-state index in [1.54, 1.807) is 0 Å². The van der Waals surface area contributed by atoms with Crippen molar-refractivity contribution in [1.82, 2.24) is 0 Å². The van der Waals surface area contributed by atoms with E-state index in [9.17, 15) is 9.90 Å². The molecule has 1 radical (unpaired) electrons. The summed E-state index contributed by atoms with van der Waals surface area (Å²) in [5.74, 6) is -0.971. The van der Waals surface area contributed by atoms with Crippen LogP contribution in [0.5, 0.6) is 0 Å². The highest BCUT2D eigenvalue weighted by Gasteiger charge is 1.93. The molecule has 0 saturated carbocycles. The van der Waals surface area contributed by atoms with Crippen LogP contribution in [0.2, 0.25) is 0 Å². The molecule has 0 fully saturated rings. The summed E-state index contributed by atoms with van der Waals surface area (Å²) in [6.07, 6.45) is 6.78. The van der Waals surface area contributed by atoms with E-state index < -0.39 is 5.97 Å². The van der Waals surface area contributed by atoms with Gasteiger partial charge in [0.05, 0.1) is 6.42 Å². The largest absolute Gasteiger partial charge is 0.355 e. The fourth-order valence-corrected chi connectivity index (χ4v) is 0.604. The normalized spacial score (nSPS) is 10.5. The molecule has 0 heterocycles. The van der Waals surface area contributed by atoms with Crippen LogP contribution in [0.15, 0.2) is 12.2 Å². The van der Waals surface area contributed by atoms with Crippen molar-refractivity contribution in [2.24, 2.45) is 0 Å². The highest BCUT2D eigenvalue weighted by Crippen LogP contribution is 1.94. The minimum atomic E-state index is -0.971. The molecule has 0 aliphatic carbocycles. The number of carbonyl (C=O) groups is 1. The summed E-state index contributed by atoms with van der Waals surface area (Å²) in [7, 11) is 0. The first-order chi connectivity index (χ1) is 4.77. The second-order valence-corrected chi connectivity index (χ2v) is 2.17. The fourth-order valence-electron chi connectivity index (χ4n) is 0.604. The molecule has 0 saturated heterocycles. The number of hydrogen-bond donors (Lipinski definition) is 0. The van der Waals surface area contributed by atoms with E-state index in [1.165, 1.54) is 0 Å². The number of hydrogen-bond acceptors (Lipinski definition) is 1. The molecule has 0 aromatic heterocycles. The first-order valence-corrected chi connectivity index (χ1v) is 3.62. The molecule has 0 aromatic rings. The van der Waals surface area contributed by atoms with Gasteiger partial charge in [-0.2, -0.15) is 0 Å². The molecule has 0 amide bonds. The zero-order valence-electron chi connectivity index (χ0n) is 6.30. The number of allylic oxidation sites excluding steroid dienone is 2. The van der Waals surface area contributed by atoms with Crippen molar-refractivity contribution < 1.29 is 9.90 Å². The molecule has 0 N–H and O–H groups in total. The average Bonchev–Trinajstić information content (AvgIpc) is 1.87. The molecule has 2 nitrogen and oxygen atoms in total. The van der Waals surface area contributed by atoms with Gasteiger partial charge in [0.2, 0.25) is 0 Å². The van der Waals surface area contributed by atoms with E-state index in [-0.39, 0.29) is 6.42 Å². The third-order valence-corrected chi connectivity index (χ3v) is 1.14. The van der Waals surface area contributed by atoms with E-state index in [0.717, 1.165) is 12.8 Å². The summed E-state index contributed by atoms with van der Waals surface area (Å²) in [6.45, 7) is 2.09. The Balaban J connectivity index is 3.10. The van der Waals surface area contributed by atoms with Crippen LogP contribution in [-0.2, 0) is 9.90 Å². The smallest absolute Gasteiger partial charge is 0.247 e. The maximum atomic E-state index is 9.89. The molecule has 0 bridgehead atoms. The molecule has 0 aliphatic heterocycles. The van der Waals surface area contributed by atoms with Gasteiger partial charge in [-0.05, 0) is 12.8 Å². The molecule has 57 valence electrons. The first kappa shape index (κ1) is 9.21. The van der Waals surface area contributed by atoms with E-state index in [4.69, 9.17) is 0 Å². The quantitative estimate of drug-likeness (QED) is 0.540. The van der Waals surface area contributed by atoms with Crippen LogP contribution in [-0.4, -0.2) is 5.97 Å². The van der Waals surface area contributed by atoms with Crippen LogP contribution in [0, 0.1) is 0 Å². The molecule has 0 aliphatic rings. The highest BCUT2D eigenvalue weighted by atomic mass is 16.4. The summed E-state index contributed by atoms with van der Waals surface area (Å²) in [4.78, 5) is 9.89. The van der Waals surface area contributed by atoms with Crippen molar-refractivity contribution >= 4 is 5.97 Å². The predicted octanol–water partition coefficient (Wildman–Crippen LogP) is 2.08. The van der Waals surface area contributed by atoms with E-state index >= 15 is 0 Å². The lowest BCUT2D eigenvalue weighted by molar-refractivity contribution is -0.142. The summed E-state index contributed by atoms with van der Waals surface area (Å²) < 4.78 is 0. The van der Waals surface area contributed by atoms with E-state index in [0.29, 0.717) is 6.42 Å². The number of rotatable bonds is 5. The Morgan fingerprint density at radius 1 is 1.30 bits per heavy atom. The van der Waals surface area contributed by atoms with Crippen LogP contribution in [0.1, 0.15) is 32.6 Å². The van der Waals surface area contributed by atoms with E-state index in [2.05, 4.69) is 6.92 Å². The summed E-state index contributed by atoms with van der Waals surface area (Å²) in [6, 6.07) is 0. The van der Waals surface area contributed by atoms with Crippen LogP contribution in [0.3, 0.4) is 0 Å². The van der Waals surface area contributed by atoms with Gasteiger partial charge < -0.3 is 0 Å². The van der Waals surface area contributed by atoms with Crippen LogP contribution >= 0.6 is 0 Å². The molecule has 0 aromatic carbocycles. The van der Waals surface area contributed by atoms with Gasteiger partial charge in [0, 0.05) is 0 Å². The van der Waals surface area contributed by atoms with Gasteiger partial charge in [0.1, 0.15) is 0 Å². The Kier molecular flexibility index (Phi) is 5.83. The monoisotopic (exact) mass is 141 g/mol. The maximum Gasteiger partial charge on any atom is 0.355 e. The van der Waals surface area contributed by atoms with Gasteiger partial charge in [0.15, 0.2) is 0 Å². The lowest BCUT2D eigenvalue weighted by atomic mass is 10.2. The summed E-state index contributed by atoms with van der Waals surface area (Å²) in [5.41, 5.74) is 0. The Morgan fingerprint density at radius 3 is 2.40 bits per heavy atom. The lowest BCUT2D eigenvalue weighted by Crippen LogP contribution is -1.88. The van der Waals surface area contributed by atoms with Crippen molar-refractivity contribution in [3.05, 3.63) is 12.2 Å². The molecule has 0 unspecified atom stereocenters. The molecular weight excluding hydrogens is 128 g/mol. The molecule has 0 atom stereocenters. The zero-order chi connectivity index (χ0) is 7.82. The zero-order valence-corrected chi connectivity index (χ0v) is 6.30. The summed E-state index contributed by atoms with van der Waals surface area (Å²) >= 11 is 0. The molecule has 0 rings (SSSR count). The first-order valence-electron chi connectivity index (χ1n) is 3.62. The van der Waals surface area contributed by atoms with Crippen molar-refractivity contribution in [1.29, 1.82) is 0 Å². The SMILES string of the molecule is CCCC=CCCC([O])=O. The van der Waals surface area contributed by atoms with Crippen molar-refractivity contribution in [3.63, 3.8) is 0 Å². The highest BCUT2D eigenvalue weighted by molar-refractivity contribution is 5.66. The lowest BCUT2D eigenvalue weighted by Gasteiger charge is -1.84. The standard InChI is InChI=1S/C8H13O2/c1-2-3-4-5-6-7-8(9)10/h4-5H,2-3,6-7H2,1H3. The predicted molar refractivity (Wildman–Crippen MR) is 39.0 cm³/mol. The Hall–Kier alpha value is -0.790. The number of unbranched alkanes of at least 4 members (excludes halogenated alkanes) is 1. The van der Waals surface area contributed by atoms with Gasteiger partial charge >= 0.3 is 5.97 Å². The topological polar surface area (TPSA) is 37.0 Å². The van der Waals surface area contributed by atoms with Crippen molar-refractivity contribution in [3.8, 4) is 0 Å². The molecule has 2 heteroatoms. The van der Waals surface area contributed by atoms with E-state index in [1.807, 2.05) is 12.2 Å². The Morgan fingerprint density at radius 2 is 1.90 bits per heavy atom. The van der Waals surface area contributed by atoms with Gasteiger partial charge in [0.25, 0.3) is 0 Å². The molecule has 0 spiro atoms. The Labute approximate surface area is 61.6 Å². The van der Waals surface area contributed by atoms with Crippen molar-refractivity contribution in [2.45, 2.75) is 32.6 Å². The van der Waals surface area contributed by atoms with Gasteiger partial charge in [-0.1, -0.05) is 25.5 Å². The third-order valence-electron chi connectivity index (χ3n) is 1.14. The second kappa shape index (κ2) is 6.33. The third kappa shape index (κ3) is 7.21. The minimum absolute atomic E-state index is 0.139. The Bertz CT molecular complexity index is 116. The fraction of sp³-hybridized carbons (Fsp3) is 0.625. The van der Waals surface area contributed by atoms with Gasteiger partial charge in [-0.25, -0.2) is 9.90 Å². The molecule has 10 heavy (non-hydrogen) atoms. The second-order valence-electron chi connectivity index (χ2n) is 2.17. The average molecular weight is 141 g/mol. The van der Waals surface area contributed by atoms with Gasteiger partial charge in [-0.3, -0.25) is 0 Å². The van der Waals surface area contributed by atoms with Crippen molar-refractivity contribution in [2.75, 3.05) is 0 Å². The minimum Gasteiger partial charge on any atom is -0.247 e. The van der Waals surface area contributed by atoms with Crippen LogP contribution < -0.4 is 0 Å². The maximum absolute atomic E-state index is 9.89. The summed E-state index contributed by atoms with van der Waals surface area (Å²) in [5, 5.41) is 9.89. The van der Waals surface area contributed by atoms with Gasteiger partial charge in [-0.15, -0.1) is 0 Å². The van der Waals surface area contributed by atoms with Crippen LogP contribution in [0.4, 0.5) is 0 Å².